The zero-order valence-electron chi connectivity index (χ0n) is 20.3. The van der Waals surface area contributed by atoms with E-state index < -0.39 is 29.3 Å². The molecule has 0 amide bonds. The molecule has 0 aliphatic heterocycles. The van der Waals surface area contributed by atoms with Crippen LogP contribution in [0, 0.1) is 11.6 Å². The summed E-state index contributed by atoms with van der Waals surface area (Å²) in [5.74, 6) is -1.33. The third kappa shape index (κ3) is 5.71. The van der Waals surface area contributed by atoms with E-state index in [-0.39, 0.29) is 12.4 Å². The first-order valence-corrected chi connectivity index (χ1v) is 11.2. The first-order valence-electron chi connectivity index (χ1n) is 11.2. The van der Waals surface area contributed by atoms with E-state index >= 15 is 0 Å². The number of nitrogens with zero attached hydrogens (tertiary/aromatic N) is 1. The van der Waals surface area contributed by atoms with Gasteiger partial charge < -0.3 is 14.2 Å². The molecule has 0 saturated heterocycles. The van der Waals surface area contributed by atoms with Gasteiger partial charge in [0, 0.05) is 12.3 Å². The lowest BCUT2D eigenvalue weighted by Crippen LogP contribution is -2.28. The molecule has 0 radical (unpaired) electrons. The van der Waals surface area contributed by atoms with E-state index in [4.69, 9.17) is 14.2 Å². The number of aromatic nitrogens is 1. The first-order chi connectivity index (χ1) is 17.0. The maximum absolute atomic E-state index is 14.2. The fourth-order valence-electron chi connectivity index (χ4n) is 3.68. The molecule has 0 aliphatic carbocycles. The summed E-state index contributed by atoms with van der Waals surface area (Å²) in [6.07, 6.45) is -0.628. The van der Waals surface area contributed by atoms with Crippen molar-refractivity contribution in [3.63, 3.8) is 0 Å². The van der Waals surface area contributed by atoms with Crippen LogP contribution < -0.4 is 9.47 Å². The van der Waals surface area contributed by atoms with Gasteiger partial charge in [0.1, 0.15) is 23.8 Å². The third-order valence-electron chi connectivity index (χ3n) is 5.18. The number of rotatable bonds is 5. The van der Waals surface area contributed by atoms with Crippen molar-refractivity contribution in [1.82, 2.24) is 4.57 Å². The normalized spacial score (nSPS) is 11.4. The highest BCUT2D eigenvalue weighted by atomic mass is 19.1. The summed E-state index contributed by atoms with van der Waals surface area (Å²) in [7, 11) is 0. The number of hydrogen-bond donors (Lipinski definition) is 0. The number of carbonyl (C=O) groups excluding carboxylic acids is 2. The van der Waals surface area contributed by atoms with E-state index in [1.807, 2.05) is 0 Å². The second-order valence-corrected chi connectivity index (χ2v) is 9.21. The summed E-state index contributed by atoms with van der Waals surface area (Å²) >= 11 is 0. The van der Waals surface area contributed by atoms with Crippen LogP contribution in [0.4, 0.5) is 13.6 Å². The van der Waals surface area contributed by atoms with Gasteiger partial charge in [0.25, 0.3) is 0 Å². The number of hydrogen-bond acceptors (Lipinski definition) is 5. The second kappa shape index (κ2) is 9.81. The van der Waals surface area contributed by atoms with Crippen molar-refractivity contribution >= 4 is 23.0 Å². The average Bonchev–Trinajstić information content (AvgIpc) is 3.15. The first kappa shape index (κ1) is 24.9. The van der Waals surface area contributed by atoms with E-state index in [1.165, 1.54) is 35.8 Å². The topological polar surface area (TPSA) is 66.8 Å². The predicted molar refractivity (Wildman–Crippen MR) is 131 cm³/mol. The van der Waals surface area contributed by atoms with Crippen LogP contribution in [0.5, 0.6) is 11.5 Å². The zero-order valence-corrected chi connectivity index (χ0v) is 20.3. The van der Waals surface area contributed by atoms with Gasteiger partial charge in [-0.05, 0) is 80.4 Å². The van der Waals surface area contributed by atoms with Gasteiger partial charge in [-0.3, -0.25) is 4.79 Å². The molecule has 0 aliphatic rings. The minimum atomic E-state index is -0.731. The Morgan fingerprint density at radius 2 is 1.58 bits per heavy atom. The van der Waals surface area contributed by atoms with E-state index in [0.29, 0.717) is 27.9 Å². The molecule has 4 aromatic rings. The number of halogens is 2. The molecule has 186 valence electrons. The molecule has 4 rings (SSSR count). The molecule has 0 fully saturated rings. The van der Waals surface area contributed by atoms with Crippen molar-refractivity contribution in [3.05, 3.63) is 84.1 Å². The second-order valence-electron chi connectivity index (χ2n) is 9.21. The summed E-state index contributed by atoms with van der Waals surface area (Å²) in [5, 5.41) is 0.676. The van der Waals surface area contributed by atoms with Crippen LogP contribution in [0.25, 0.3) is 22.0 Å². The number of ether oxygens (including phenoxy) is 3. The fourth-order valence-corrected chi connectivity index (χ4v) is 3.68. The third-order valence-corrected chi connectivity index (χ3v) is 5.18. The molecule has 0 unspecified atom stereocenters. The van der Waals surface area contributed by atoms with Crippen molar-refractivity contribution in [2.24, 2.45) is 0 Å². The van der Waals surface area contributed by atoms with Crippen molar-refractivity contribution in [2.45, 2.75) is 39.9 Å². The average molecular weight is 494 g/mol. The fraction of sp³-hybridized carbons (Fsp3) is 0.214. The highest BCUT2D eigenvalue weighted by Crippen LogP contribution is 2.28. The lowest BCUT2D eigenvalue weighted by molar-refractivity contribution is -0.132. The summed E-state index contributed by atoms with van der Waals surface area (Å²) < 4.78 is 45.7. The Labute approximate surface area is 207 Å². The summed E-state index contributed by atoms with van der Waals surface area (Å²) in [4.78, 5) is 24.0. The number of benzene rings is 3. The smallest absolute Gasteiger partial charge is 0.419 e. The largest absolute Gasteiger partial charge is 0.487 e. The number of esters is 1. The van der Waals surface area contributed by atoms with Crippen LogP contribution in [0.2, 0.25) is 0 Å². The Balaban J connectivity index is 1.54. The Hall–Kier alpha value is -4.20. The maximum atomic E-state index is 14.2. The van der Waals surface area contributed by atoms with E-state index in [2.05, 4.69) is 0 Å². The zero-order chi connectivity index (χ0) is 26.0. The van der Waals surface area contributed by atoms with Crippen LogP contribution in [-0.4, -0.2) is 22.2 Å². The Kier molecular flexibility index (Phi) is 6.79. The molecule has 1 heterocycles. The van der Waals surface area contributed by atoms with Gasteiger partial charge in [0.05, 0.1) is 11.2 Å². The van der Waals surface area contributed by atoms with E-state index in [9.17, 15) is 18.4 Å². The minimum absolute atomic E-state index is 0.0284. The van der Waals surface area contributed by atoms with Gasteiger partial charge in [0.2, 0.25) is 0 Å². The van der Waals surface area contributed by atoms with Crippen molar-refractivity contribution in [1.29, 1.82) is 0 Å². The minimum Gasteiger partial charge on any atom is -0.487 e. The lowest BCUT2D eigenvalue weighted by atomic mass is 10.1. The quantitative estimate of drug-likeness (QED) is 0.224. The molecular formula is C28H25F2NO5. The summed E-state index contributed by atoms with van der Waals surface area (Å²) in [6, 6.07) is 17.2. The van der Waals surface area contributed by atoms with Crippen molar-refractivity contribution in [2.75, 3.05) is 0 Å². The molecular weight excluding hydrogens is 468 g/mol. The molecule has 0 saturated carbocycles. The molecule has 0 N–H and O–H groups in total. The maximum Gasteiger partial charge on any atom is 0.419 e. The molecule has 3 aromatic carbocycles. The van der Waals surface area contributed by atoms with E-state index in [0.717, 1.165) is 5.56 Å². The van der Waals surface area contributed by atoms with Gasteiger partial charge in [0.15, 0.2) is 11.6 Å². The monoisotopic (exact) mass is 493 g/mol. The number of carbonyl (C=O) groups is 2. The van der Waals surface area contributed by atoms with Crippen molar-refractivity contribution in [3.8, 4) is 22.6 Å². The van der Waals surface area contributed by atoms with Gasteiger partial charge in [-0.2, -0.15) is 0 Å². The van der Waals surface area contributed by atoms with Crippen molar-refractivity contribution < 1.29 is 32.6 Å². The van der Waals surface area contributed by atoms with Crippen LogP contribution in [0.3, 0.4) is 0 Å². The van der Waals surface area contributed by atoms with Crippen LogP contribution in [-0.2, 0) is 16.1 Å². The van der Waals surface area contributed by atoms with Gasteiger partial charge in [-0.25, -0.2) is 18.1 Å². The van der Waals surface area contributed by atoms with Gasteiger partial charge >= 0.3 is 12.1 Å². The lowest BCUT2D eigenvalue weighted by Gasteiger charge is -2.21. The van der Waals surface area contributed by atoms with E-state index in [1.54, 1.807) is 63.2 Å². The molecule has 0 bridgehead atoms. The van der Waals surface area contributed by atoms with Crippen LogP contribution in [0.15, 0.2) is 66.7 Å². The molecule has 0 atom stereocenters. The summed E-state index contributed by atoms with van der Waals surface area (Å²) in [5.41, 5.74) is 1.48. The molecule has 1 aromatic heterocycles. The summed E-state index contributed by atoms with van der Waals surface area (Å²) in [6.45, 7) is 6.50. The Morgan fingerprint density at radius 1 is 0.889 bits per heavy atom. The number of fused-ring (bicyclic) bond motifs is 1. The molecule has 0 spiro atoms. The highest BCUT2D eigenvalue weighted by molar-refractivity contribution is 5.91. The van der Waals surface area contributed by atoms with Crippen LogP contribution in [0.1, 0.15) is 33.4 Å². The van der Waals surface area contributed by atoms with Crippen LogP contribution >= 0.6 is 0 Å². The SMILES string of the molecule is CC(=O)Oc1ccc(-c2ccc(OCc3cc4ccc(F)cc4n3C(=O)OC(C)(C)C)cc2)cc1F. The Bertz CT molecular complexity index is 1440. The van der Waals surface area contributed by atoms with Gasteiger partial charge in [-0.15, -0.1) is 0 Å². The standard InChI is InChI=1S/C28H25F2NO5/c1-17(32)35-26-12-8-19(14-24(26)30)18-6-10-23(11-7-18)34-16-22-13-20-5-9-21(29)15-25(20)31(22)27(33)36-28(2,3)4/h5-15H,16H2,1-4H3. The molecule has 6 nitrogen and oxygen atoms in total. The Morgan fingerprint density at radius 3 is 2.22 bits per heavy atom. The molecule has 8 heteroatoms. The van der Waals surface area contributed by atoms with Gasteiger partial charge in [-0.1, -0.05) is 18.2 Å². The molecule has 36 heavy (non-hydrogen) atoms. The highest BCUT2D eigenvalue weighted by Gasteiger charge is 2.22. The predicted octanol–water partition coefficient (Wildman–Crippen LogP) is 6.87.